The highest BCUT2D eigenvalue weighted by atomic mass is 35.5. The van der Waals surface area contributed by atoms with Crippen LogP contribution < -0.4 is 5.32 Å². The SMILES string of the molecule is Cl.Cl.Oc1ccc(C(F)(F)F)cc1[C@H](C1CCCCC1)N1CCNCC1. The molecule has 1 heterocycles. The first kappa shape index (κ1) is 23.3. The molecule has 0 amide bonds. The van der Waals surface area contributed by atoms with Gasteiger partial charge in [-0.1, -0.05) is 19.3 Å². The summed E-state index contributed by atoms with van der Waals surface area (Å²) in [5.74, 6) is 0.295. The second-order valence-electron chi connectivity index (χ2n) is 6.90. The maximum Gasteiger partial charge on any atom is 0.416 e. The van der Waals surface area contributed by atoms with Crippen LogP contribution in [0.5, 0.6) is 5.75 Å². The van der Waals surface area contributed by atoms with E-state index >= 15 is 0 Å². The fourth-order valence-corrected chi connectivity index (χ4v) is 4.13. The summed E-state index contributed by atoms with van der Waals surface area (Å²) in [6, 6.07) is 3.20. The van der Waals surface area contributed by atoms with Crippen molar-refractivity contribution in [3.05, 3.63) is 29.3 Å². The van der Waals surface area contributed by atoms with Crippen molar-refractivity contribution in [3.8, 4) is 5.75 Å². The van der Waals surface area contributed by atoms with Crippen molar-refractivity contribution in [2.45, 2.75) is 44.3 Å². The first-order chi connectivity index (χ1) is 11.5. The Hall–Kier alpha value is -0.690. The third-order valence-corrected chi connectivity index (χ3v) is 5.31. The van der Waals surface area contributed by atoms with Gasteiger partial charge < -0.3 is 10.4 Å². The second kappa shape index (κ2) is 10.0. The third kappa shape index (κ3) is 5.41. The summed E-state index contributed by atoms with van der Waals surface area (Å²) >= 11 is 0. The maximum atomic E-state index is 13.1. The van der Waals surface area contributed by atoms with Crippen molar-refractivity contribution in [2.75, 3.05) is 26.2 Å². The van der Waals surface area contributed by atoms with Gasteiger partial charge >= 0.3 is 6.18 Å². The highest BCUT2D eigenvalue weighted by Gasteiger charge is 2.36. The fourth-order valence-electron chi connectivity index (χ4n) is 4.13. The largest absolute Gasteiger partial charge is 0.508 e. The molecule has 2 fully saturated rings. The van der Waals surface area contributed by atoms with Crippen LogP contribution in [-0.2, 0) is 6.18 Å². The minimum Gasteiger partial charge on any atom is -0.508 e. The molecule has 0 bridgehead atoms. The number of phenols is 1. The molecule has 2 N–H and O–H groups in total. The molecule has 0 spiro atoms. The van der Waals surface area contributed by atoms with E-state index in [1.165, 1.54) is 12.5 Å². The molecule has 1 saturated carbocycles. The van der Waals surface area contributed by atoms with Gasteiger partial charge in [-0.15, -0.1) is 24.8 Å². The molecule has 3 nitrogen and oxygen atoms in total. The summed E-state index contributed by atoms with van der Waals surface area (Å²) in [6.07, 6.45) is 1.08. The smallest absolute Gasteiger partial charge is 0.416 e. The fraction of sp³-hybridized carbons (Fsp3) is 0.667. The van der Waals surface area contributed by atoms with Crippen LogP contribution >= 0.6 is 24.8 Å². The molecule has 2 aliphatic rings. The van der Waals surface area contributed by atoms with Crippen LogP contribution in [-0.4, -0.2) is 36.2 Å². The average molecular weight is 415 g/mol. The molecule has 8 heteroatoms. The molecule has 1 aliphatic carbocycles. The molecule has 0 aromatic heterocycles. The van der Waals surface area contributed by atoms with Gasteiger partial charge in [0.05, 0.1) is 5.56 Å². The number of nitrogens with zero attached hydrogens (tertiary/aromatic N) is 1. The zero-order chi connectivity index (χ0) is 17.2. The van der Waals surface area contributed by atoms with Crippen molar-refractivity contribution in [2.24, 2.45) is 5.92 Å². The molecule has 26 heavy (non-hydrogen) atoms. The Bertz CT molecular complexity index is 542. The summed E-state index contributed by atoms with van der Waals surface area (Å²) in [5, 5.41) is 13.6. The summed E-state index contributed by atoms with van der Waals surface area (Å²) in [4.78, 5) is 2.25. The highest BCUT2D eigenvalue weighted by Crippen LogP contribution is 2.43. The predicted octanol–water partition coefficient (Wildman–Crippen LogP) is 4.78. The number of nitrogens with one attached hydrogen (secondary N) is 1. The Morgan fingerprint density at radius 1 is 1.04 bits per heavy atom. The number of rotatable bonds is 3. The molecule has 1 aliphatic heterocycles. The van der Waals surface area contributed by atoms with Crippen LogP contribution in [0.3, 0.4) is 0 Å². The number of hydrogen-bond acceptors (Lipinski definition) is 3. The van der Waals surface area contributed by atoms with Crippen LogP contribution in [0.1, 0.15) is 49.3 Å². The van der Waals surface area contributed by atoms with Gasteiger partial charge in [-0.25, -0.2) is 0 Å². The number of hydrogen-bond donors (Lipinski definition) is 2. The van der Waals surface area contributed by atoms with Gasteiger partial charge in [-0.05, 0) is 37.0 Å². The highest BCUT2D eigenvalue weighted by molar-refractivity contribution is 5.85. The Morgan fingerprint density at radius 2 is 1.65 bits per heavy atom. The normalized spacial score (nSPS) is 20.7. The van der Waals surface area contributed by atoms with E-state index < -0.39 is 11.7 Å². The molecule has 1 saturated heterocycles. The van der Waals surface area contributed by atoms with E-state index in [1.54, 1.807) is 0 Å². The average Bonchev–Trinajstić information content (AvgIpc) is 2.58. The van der Waals surface area contributed by atoms with Gasteiger partial charge in [-0.3, -0.25) is 4.90 Å². The molecule has 1 aromatic rings. The molecular weight excluding hydrogens is 388 g/mol. The summed E-state index contributed by atoms with van der Waals surface area (Å²) in [7, 11) is 0. The molecular formula is C18H27Cl2F3N2O. The Labute approximate surface area is 165 Å². The summed E-state index contributed by atoms with van der Waals surface area (Å²) in [6.45, 7) is 3.28. The standard InChI is InChI=1S/C18H25F3N2O.2ClH/c19-18(20,21)14-6-7-16(24)15(12-14)17(13-4-2-1-3-5-13)23-10-8-22-9-11-23;;/h6-7,12-13,17,22,24H,1-5,8-11H2;2*1H/t17-;;/m0../s1. The van der Waals surface area contributed by atoms with Crippen LogP contribution in [0.4, 0.5) is 13.2 Å². The summed E-state index contributed by atoms with van der Waals surface area (Å²) in [5.41, 5.74) is -0.232. The topological polar surface area (TPSA) is 35.5 Å². The van der Waals surface area contributed by atoms with E-state index in [0.717, 1.165) is 64.0 Å². The van der Waals surface area contributed by atoms with Gasteiger partial charge in [-0.2, -0.15) is 13.2 Å². The van der Waals surface area contributed by atoms with Crippen LogP contribution in [0, 0.1) is 5.92 Å². The van der Waals surface area contributed by atoms with Gasteiger partial charge in [0, 0.05) is 37.8 Å². The van der Waals surface area contributed by atoms with Gasteiger partial charge in [0.2, 0.25) is 0 Å². The lowest BCUT2D eigenvalue weighted by atomic mass is 9.79. The van der Waals surface area contributed by atoms with Crippen molar-refractivity contribution in [1.82, 2.24) is 10.2 Å². The van der Waals surface area contributed by atoms with Crippen molar-refractivity contribution in [3.63, 3.8) is 0 Å². The van der Waals surface area contributed by atoms with E-state index in [1.807, 2.05) is 0 Å². The zero-order valence-corrected chi connectivity index (χ0v) is 16.2. The number of aromatic hydroxyl groups is 1. The molecule has 1 aromatic carbocycles. The molecule has 150 valence electrons. The van der Waals surface area contributed by atoms with Gasteiger partial charge in [0.25, 0.3) is 0 Å². The second-order valence-corrected chi connectivity index (χ2v) is 6.90. The van der Waals surface area contributed by atoms with Crippen LogP contribution in [0.25, 0.3) is 0 Å². The monoisotopic (exact) mass is 414 g/mol. The van der Waals surface area contributed by atoms with Crippen LogP contribution in [0.15, 0.2) is 18.2 Å². The first-order valence-electron chi connectivity index (χ1n) is 8.81. The lowest BCUT2D eigenvalue weighted by molar-refractivity contribution is -0.137. The first-order valence-corrected chi connectivity index (χ1v) is 8.81. The third-order valence-electron chi connectivity index (χ3n) is 5.31. The lowest BCUT2D eigenvalue weighted by Crippen LogP contribution is -2.47. The summed E-state index contributed by atoms with van der Waals surface area (Å²) < 4.78 is 39.4. The van der Waals surface area contributed by atoms with Gasteiger partial charge in [0.1, 0.15) is 5.75 Å². The molecule has 0 radical (unpaired) electrons. The molecule has 0 unspecified atom stereocenters. The van der Waals surface area contributed by atoms with Crippen LogP contribution in [0.2, 0.25) is 0 Å². The predicted molar refractivity (Wildman–Crippen MR) is 101 cm³/mol. The molecule has 3 rings (SSSR count). The van der Waals surface area contributed by atoms with E-state index in [4.69, 9.17) is 0 Å². The molecule has 1 atom stereocenters. The van der Waals surface area contributed by atoms with E-state index in [2.05, 4.69) is 10.2 Å². The maximum absolute atomic E-state index is 13.1. The number of piperazine rings is 1. The van der Waals surface area contributed by atoms with Crippen molar-refractivity contribution in [1.29, 1.82) is 0 Å². The van der Waals surface area contributed by atoms with Crippen molar-refractivity contribution < 1.29 is 18.3 Å². The zero-order valence-electron chi connectivity index (χ0n) is 14.6. The number of phenolic OH excluding ortho intramolecular Hbond substituents is 1. The van der Waals surface area contributed by atoms with Gasteiger partial charge in [0.15, 0.2) is 0 Å². The Kier molecular flexibility index (Phi) is 9.00. The minimum absolute atomic E-state index is 0. The quantitative estimate of drug-likeness (QED) is 0.746. The van der Waals surface area contributed by atoms with Crippen molar-refractivity contribution >= 4 is 24.8 Å². The Balaban J connectivity index is 0.00000169. The number of alkyl halides is 3. The Morgan fingerprint density at radius 3 is 2.23 bits per heavy atom. The lowest BCUT2D eigenvalue weighted by Gasteiger charge is -2.41. The minimum atomic E-state index is -4.39. The van der Waals surface area contributed by atoms with E-state index in [9.17, 15) is 18.3 Å². The number of benzene rings is 1. The number of halogens is 5. The van der Waals surface area contributed by atoms with E-state index in [0.29, 0.717) is 11.5 Å². The van der Waals surface area contributed by atoms with E-state index in [-0.39, 0.29) is 36.6 Å².